The van der Waals surface area contributed by atoms with Gasteiger partial charge in [0.1, 0.15) is 0 Å². The normalized spacial score (nSPS) is 18.9. The van der Waals surface area contributed by atoms with Crippen molar-refractivity contribution < 1.29 is 13.2 Å². The summed E-state index contributed by atoms with van der Waals surface area (Å²) in [7, 11) is -3.18. The van der Waals surface area contributed by atoms with Crippen molar-refractivity contribution in [1.82, 2.24) is 0 Å². The zero-order valence-corrected chi connectivity index (χ0v) is 13.2. The third kappa shape index (κ3) is 2.87. The van der Waals surface area contributed by atoms with Crippen molar-refractivity contribution in [3.63, 3.8) is 0 Å². The summed E-state index contributed by atoms with van der Waals surface area (Å²) in [6.07, 6.45) is 1.46. The van der Waals surface area contributed by atoms with Crippen LogP contribution in [-0.4, -0.2) is 47.0 Å². The van der Waals surface area contributed by atoms with Crippen molar-refractivity contribution in [2.75, 3.05) is 47.8 Å². The van der Waals surface area contributed by atoms with Gasteiger partial charge >= 0.3 is 0 Å². The lowest BCUT2D eigenvalue weighted by atomic mass is 10.1. The largest absolute Gasteiger partial charge is 0.378 e. The van der Waals surface area contributed by atoms with Crippen LogP contribution < -0.4 is 9.21 Å². The predicted molar refractivity (Wildman–Crippen MR) is 84.6 cm³/mol. The van der Waals surface area contributed by atoms with Crippen LogP contribution in [0.15, 0.2) is 18.2 Å². The summed E-state index contributed by atoms with van der Waals surface area (Å²) in [6.45, 7) is 5.66. The van der Waals surface area contributed by atoms with Crippen LogP contribution in [0.3, 0.4) is 0 Å². The molecule has 2 aliphatic heterocycles. The summed E-state index contributed by atoms with van der Waals surface area (Å²) in [4.78, 5) is 2.26. The molecule has 0 bridgehead atoms. The van der Waals surface area contributed by atoms with Crippen LogP contribution in [0.4, 0.5) is 11.4 Å². The van der Waals surface area contributed by atoms with Crippen molar-refractivity contribution in [2.45, 2.75) is 19.8 Å². The van der Waals surface area contributed by atoms with E-state index in [-0.39, 0.29) is 5.75 Å². The summed E-state index contributed by atoms with van der Waals surface area (Å²) in [5.74, 6) is 0.216. The summed E-state index contributed by atoms with van der Waals surface area (Å²) in [5, 5.41) is 0. The van der Waals surface area contributed by atoms with Gasteiger partial charge in [-0.2, -0.15) is 0 Å². The van der Waals surface area contributed by atoms with Gasteiger partial charge in [0.15, 0.2) is 0 Å². The highest BCUT2D eigenvalue weighted by molar-refractivity contribution is 7.92. The van der Waals surface area contributed by atoms with Gasteiger partial charge in [0.05, 0.1) is 24.7 Å². The third-order valence-corrected chi connectivity index (χ3v) is 6.07. The van der Waals surface area contributed by atoms with Gasteiger partial charge in [-0.3, -0.25) is 4.31 Å². The maximum Gasteiger partial charge on any atom is 0.235 e. The van der Waals surface area contributed by atoms with Gasteiger partial charge in [0, 0.05) is 25.3 Å². The maximum atomic E-state index is 12.4. The Morgan fingerprint density at radius 1 is 1.19 bits per heavy atom. The second kappa shape index (κ2) is 5.85. The Bertz CT molecular complexity index is 609. The molecule has 1 fully saturated rings. The molecule has 2 heterocycles. The molecule has 0 unspecified atom stereocenters. The fraction of sp³-hybridized carbons (Fsp3) is 0.600. The predicted octanol–water partition coefficient (Wildman–Crippen LogP) is 1.63. The highest BCUT2D eigenvalue weighted by atomic mass is 32.2. The highest BCUT2D eigenvalue weighted by Crippen LogP contribution is 2.34. The second-order valence-electron chi connectivity index (χ2n) is 5.55. The van der Waals surface area contributed by atoms with Crippen LogP contribution in [-0.2, 0) is 21.2 Å². The van der Waals surface area contributed by atoms with Crippen molar-refractivity contribution >= 4 is 21.4 Å². The first-order valence-electron chi connectivity index (χ1n) is 7.58. The molecule has 0 amide bonds. The monoisotopic (exact) mass is 310 g/mol. The first-order chi connectivity index (χ1) is 10.1. The van der Waals surface area contributed by atoms with Gasteiger partial charge in [-0.05, 0) is 30.5 Å². The fourth-order valence-corrected chi connectivity index (χ4v) is 4.59. The minimum absolute atomic E-state index is 0.216. The molecule has 3 rings (SSSR count). The fourth-order valence-electron chi connectivity index (χ4n) is 3.01. The van der Waals surface area contributed by atoms with Crippen molar-refractivity contribution in [2.24, 2.45) is 0 Å². The van der Waals surface area contributed by atoms with E-state index < -0.39 is 10.0 Å². The summed E-state index contributed by atoms with van der Waals surface area (Å²) < 4.78 is 31.7. The number of benzene rings is 1. The first-order valence-corrected chi connectivity index (χ1v) is 9.19. The molecule has 116 valence electrons. The lowest BCUT2D eigenvalue weighted by Crippen LogP contribution is -2.36. The number of anilines is 2. The average Bonchev–Trinajstić information content (AvgIpc) is 2.92. The minimum Gasteiger partial charge on any atom is -0.378 e. The Labute approximate surface area is 126 Å². The standard InChI is InChI=1S/C15H22N2O3S/c1-2-11-21(18,19)17-6-5-13-3-4-14(12-15(13)17)16-7-9-20-10-8-16/h3-4,12H,2,5-11H2,1H3. The molecule has 1 aromatic rings. The number of morpholine rings is 1. The van der Waals surface area contributed by atoms with Crippen LogP contribution in [0.1, 0.15) is 18.9 Å². The molecular weight excluding hydrogens is 288 g/mol. The zero-order valence-electron chi connectivity index (χ0n) is 12.4. The number of ether oxygens (including phenoxy) is 1. The quantitative estimate of drug-likeness (QED) is 0.848. The molecule has 2 aliphatic rings. The maximum absolute atomic E-state index is 12.4. The second-order valence-corrected chi connectivity index (χ2v) is 7.56. The van der Waals surface area contributed by atoms with E-state index in [9.17, 15) is 8.42 Å². The molecule has 1 aromatic carbocycles. The van der Waals surface area contributed by atoms with Crippen LogP contribution in [0.5, 0.6) is 0 Å². The van der Waals surface area contributed by atoms with E-state index in [0.29, 0.717) is 13.0 Å². The minimum atomic E-state index is -3.18. The number of rotatable bonds is 4. The van der Waals surface area contributed by atoms with Gasteiger partial charge < -0.3 is 9.64 Å². The number of sulfonamides is 1. The smallest absolute Gasteiger partial charge is 0.235 e. The van der Waals surface area contributed by atoms with Gasteiger partial charge in [0.25, 0.3) is 0 Å². The van der Waals surface area contributed by atoms with Crippen LogP contribution in [0.2, 0.25) is 0 Å². The number of hydrogen-bond acceptors (Lipinski definition) is 4. The molecule has 0 atom stereocenters. The molecule has 0 radical (unpaired) electrons. The molecule has 0 aromatic heterocycles. The topological polar surface area (TPSA) is 49.9 Å². The molecule has 0 N–H and O–H groups in total. The van der Waals surface area contributed by atoms with E-state index in [1.54, 1.807) is 4.31 Å². The van der Waals surface area contributed by atoms with Crippen molar-refractivity contribution in [3.05, 3.63) is 23.8 Å². The summed E-state index contributed by atoms with van der Waals surface area (Å²) in [5.41, 5.74) is 3.09. The van der Waals surface area contributed by atoms with Crippen molar-refractivity contribution in [3.8, 4) is 0 Å². The van der Waals surface area contributed by atoms with Crippen LogP contribution >= 0.6 is 0 Å². The molecule has 0 aliphatic carbocycles. The van der Waals surface area contributed by atoms with Gasteiger partial charge in [-0.25, -0.2) is 8.42 Å². The Morgan fingerprint density at radius 3 is 2.67 bits per heavy atom. The molecular formula is C15H22N2O3S. The van der Waals surface area contributed by atoms with E-state index in [1.165, 1.54) is 0 Å². The van der Waals surface area contributed by atoms with Gasteiger partial charge in [0.2, 0.25) is 10.0 Å². The molecule has 6 heteroatoms. The van der Waals surface area contributed by atoms with E-state index in [2.05, 4.69) is 17.0 Å². The van der Waals surface area contributed by atoms with Gasteiger partial charge in [-0.1, -0.05) is 13.0 Å². The Kier molecular flexibility index (Phi) is 4.08. The summed E-state index contributed by atoms with van der Waals surface area (Å²) >= 11 is 0. The highest BCUT2D eigenvalue weighted by Gasteiger charge is 2.29. The molecule has 21 heavy (non-hydrogen) atoms. The Morgan fingerprint density at radius 2 is 1.95 bits per heavy atom. The number of fused-ring (bicyclic) bond motifs is 1. The van der Waals surface area contributed by atoms with Crippen LogP contribution in [0, 0.1) is 0 Å². The van der Waals surface area contributed by atoms with E-state index in [4.69, 9.17) is 4.74 Å². The molecule has 5 nitrogen and oxygen atoms in total. The van der Waals surface area contributed by atoms with Crippen molar-refractivity contribution in [1.29, 1.82) is 0 Å². The van der Waals surface area contributed by atoms with Crippen LogP contribution in [0.25, 0.3) is 0 Å². The van der Waals surface area contributed by atoms with Gasteiger partial charge in [-0.15, -0.1) is 0 Å². The van der Waals surface area contributed by atoms with E-state index in [0.717, 1.165) is 49.7 Å². The van der Waals surface area contributed by atoms with E-state index >= 15 is 0 Å². The summed E-state index contributed by atoms with van der Waals surface area (Å²) in [6, 6.07) is 6.20. The van der Waals surface area contributed by atoms with E-state index in [1.807, 2.05) is 13.0 Å². The lowest BCUT2D eigenvalue weighted by molar-refractivity contribution is 0.122. The number of hydrogen-bond donors (Lipinski definition) is 0. The lowest BCUT2D eigenvalue weighted by Gasteiger charge is -2.30. The molecule has 1 saturated heterocycles. The Balaban J connectivity index is 1.90. The third-order valence-electron chi connectivity index (χ3n) is 4.10. The average molecular weight is 310 g/mol. The SMILES string of the molecule is CCCS(=O)(=O)N1CCc2ccc(N3CCOCC3)cc21. The first kappa shape index (κ1) is 14.7. The molecule has 0 saturated carbocycles. The number of nitrogens with zero attached hydrogens (tertiary/aromatic N) is 2. The molecule has 0 spiro atoms. The zero-order chi connectivity index (χ0) is 14.9. The Hall–Kier alpha value is -1.27.